The lowest BCUT2D eigenvalue weighted by Crippen LogP contribution is -2.37. The number of aromatic nitrogens is 3. The van der Waals surface area contributed by atoms with Crippen LogP contribution in [0.1, 0.15) is 35.0 Å². The molecular weight excluding hydrogens is 350 g/mol. The molecule has 9 nitrogen and oxygen atoms in total. The Bertz CT molecular complexity index is 972. The Morgan fingerprint density at radius 1 is 1.15 bits per heavy atom. The molecule has 3 aliphatic rings. The van der Waals surface area contributed by atoms with Crippen molar-refractivity contribution in [2.24, 2.45) is 18.9 Å². The minimum atomic E-state index is -0.413. The van der Waals surface area contributed by atoms with E-state index < -0.39 is 5.69 Å². The molecule has 2 aromatic rings. The molecule has 2 unspecified atom stereocenters. The van der Waals surface area contributed by atoms with Gasteiger partial charge in [-0.05, 0) is 12.8 Å². The summed E-state index contributed by atoms with van der Waals surface area (Å²) in [6, 6.07) is 3.24. The third-order valence-corrected chi connectivity index (χ3v) is 5.97. The van der Waals surface area contributed by atoms with Crippen LogP contribution < -0.4 is 16.1 Å². The van der Waals surface area contributed by atoms with Crippen molar-refractivity contribution in [2.45, 2.75) is 18.8 Å². The van der Waals surface area contributed by atoms with Gasteiger partial charge < -0.3 is 14.3 Å². The summed E-state index contributed by atoms with van der Waals surface area (Å²) < 4.78 is 6.35. The molecule has 2 aliphatic heterocycles. The number of likely N-dealkylation sites (tertiary alicyclic amines) is 1. The van der Waals surface area contributed by atoms with E-state index in [0.29, 0.717) is 55.4 Å². The van der Waals surface area contributed by atoms with E-state index in [2.05, 4.69) is 10.1 Å². The van der Waals surface area contributed by atoms with E-state index in [-0.39, 0.29) is 11.5 Å². The Morgan fingerprint density at radius 2 is 1.85 bits per heavy atom. The second-order valence-electron chi connectivity index (χ2n) is 7.88. The van der Waals surface area contributed by atoms with Gasteiger partial charge in [-0.2, -0.15) is 0 Å². The van der Waals surface area contributed by atoms with Gasteiger partial charge in [0.05, 0.1) is 0 Å². The van der Waals surface area contributed by atoms with Crippen molar-refractivity contribution in [2.75, 3.05) is 31.1 Å². The fourth-order valence-electron chi connectivity index (χ4n) is 4.18. The van der Waals surface area contributed by atoms with E-state index in [1.165, 1.54) is 13.1 Å². The number of fused-ring (bicyclic) bond motifs is 1. The van der Waals surface area contributed by atoms with Crippen LogP contribution in [-0.4, -0.2) is 51.7 Å². The highest BCUT2D eigenvalue weighted by atomic mass is 16.5. The summed E-state index contributed by atoms with van der Waals surface area (Å²) in [5.74, 6) is 2.37. The number of rotatable bonds is 3. The summed E-state index contributed by atoms with van der Waals surface area (Å²) in [4.78, 5) is 43.0. The number of carbonyl (C=O) groups is 1. The number of nitrogens with one attached hydrogen (secondary N) is 1. The SMILES string of the molecule is Cn1c(=O)cc(N2CC3CN(C(=O)c4cc(C5CC5)on4)CC3C2)[nH]c1=O. The monoisotopic (exact) mass is 371 g/mol. The van der Waals surface area contributed by atoms with Gasteiger partial charge >= 0.3 is 5.69 Å². The zero-order valence-corrected chi connectivity index (χ0v) is 15.1. The van der Waals surface area contributed by atoms with Gasteiger partial charge in [-0.3, -0.25) is 19.1 Å². The van der Waals surface area contributed by atoms with Crippen LogP contribution >= 0.6 is 0 Å². The molecule has 2 atom stereocenters. The average molecular weight is 371 g/mol. The molecule has 0 aromatic carbocycles. The molecule has 0 spiro atoms. The van der Waals surface area contributed by atoms with Crippen LogP contribution in [0.4, 0.5) is 5.82 Å². The molecule has 5 rings (SSSR count). The third kappa shape index (κ3) is 2.77. The van der Waals surface area contributed by atoms with Crippen molar-refractivity contribution in [1.82, 2.24) is 19.6 Å². The highest BCUT2D eigenvalue weighted by Crippen LogP contribution is 2.40. The van der Waals surface area contributed by atoms with Gasteiger partial charge in [0.1, 0.15) is 11.6 Å². The molecule has 27 heavy (non-hydrogen) atoms. The number of H-pyrrole nitrogens is 1. The first-order valence-corrected chi connectivity index (χ1v) is 9.31. The van der Waals surface area contributed by atoms with E-state index in [4.69, 9.17) is 4.52 Å². The van der Waals surface area contributed by atoms with Crippen molar-refractivity contribution >= 4 is 11.7 Å². The van der Waals surface area contributed by atoms with Gasteiger partial charge in [0.25, 0.3) is 11.5 Å². The molecular formula is C18H21N5O4. The van der Waals surface area contributed by atoms with Crippen molar-refractivity contribution in [3.05, 3.63) is 44.4 Å². The number of amides is 1. The lowest BCUT2D eigenvalue weighted by Gasteiger charge is -2.22. The minimum Gasteiger partial charge on any atom is -0.360 e. The van der Waals surface area contributed by atoms with Gasteiger partial charge in [0, 0.05) is 63.1 Å². The van der Waals surface area contributed by atoms with Crippen LogP contribution in [0.5, 0.6) is 0 Å². The molecule has 0 radical (unpaired) electrons. The molecule has 1 aliphatic carbocycles. The Morgan fingerprint density at radius 3 is 2.48 bits per heavy atom. The summed E-state index contributed by atoms with van der Waals surface area (Å²) in [6.45, 7) is 2.73. The Labute approximate surface area is 154 Å². The van der Waals surface area contributed by atoms with Crippen molar-refractivity contribution < 1.29 is 9.32 Å². The summed E-state index contributed by atoms with van der Waals surface area (Å²) in [5, 5.41) is 3.95. The third-order valence-electron chi connectivity index (χ3n) is 5.97. The van der Waals surface area contributed by atoms with E-state index in [1.807, 2.05) is 9.80 Å². The number of carbonyl (C=O) groups excluding carboxylic acids is 1. The van der Waals surface area contributed by atoms with Gasteiger partial charge in [0.15, 0.2) is 5.69 Å². The predicted octanol–water partition coefficient (Wildman–Crippen LogP) is 0.147. The van der Waals surface area contributed by atoms with Crippen LogP contribution in [0.15, 0.2) is 26.2 Å². The zero-order chi connectivity index (χ0) is 18.7. The second-order valence-corrected chi connectivity index (χ2v) is 7.88. The molecule has 1 amide bonds. The summed E-state index contributed by atoms with van der Waals surface area (Å²) >= 11 is 0. The first-order valence-electron chi connectivity index (χ1n) is 9.31. The van der Waals surface area contributed by atoms with Crippen LogP contribution in [0.25, 0.3) is 0 Å². The molecule has 142 valence electrons. The molecule has 4 heterocycles. The summed E-state index contributed by atoms with van der Waals surface area (Å²) in [5.41, 5.74) is -0.339. The van der Waals surface area contributed by atoms with E-state index >= 15 is 0 Å². The lowest BCUT2D eigenvalue weighted by atomic mass is 10.0. The van der Waals surface area contributed by atoms with E-state index in [0.717, 1.165) is 23.2 Å². The van der Waals surface area contributed by atoms with E-state index in [9.17, 15) is 14.4 Å². The quantitative estimate of drug-likeness (QED) is 0.823. The first-order chi connectivity index (χ1) is 13.0. The van der Waals surface area contributed by atoms with Crippen molar-refractivity contribution in [3.8, 4) is 0 Å². The predicted molar refractivity (Wildman–Crippen MR) is 95.9 cm³/mol. The van der Waals surface area contributed by atoms with Gasteiger partial charge in [-0.15, -0.1) is 0 Å². The first kappa shape index (κ1) is 16.3. The fourth-order valence-corrected chi connectivity index (χ4v) is 4.18. The molecule has 2 aromatic heterocycles. The van der Waals surface area contributed by atoms with Crippen LogP contribution in [0.3, 0.4) is 0 Å². The number of hydrogen-bond acceptors (Lipinski definition) is 6. The maximum atomic E-state index is 12.7. The fraction of sp³-hybridized carbons (Fsp3) is 0.556. The molecule has 1 saturated carbocycles. The maximum Gasteiger partial charge on any atom is 0.329 e. The van der Waals surface area contributed by atoms with E-state index in [1.54, 1.807) is 6.07 Å². The smallest absolute Gasteiger partial charge is 0.329 e. The zero-order valence-electron chi connectivity index (χ0n) is 15.1. The number of aromatic amines is 1. The molecule has 0 bridgehead atoms. The second kappa shape index (κ2) is 5.83. The van der Waals surface area contributed by atoms with Crippen LogP contribution in [0.2, 0.25) is 0 Å². The highest BCUT2D eigenvalue weighted by molar-refractivity contribution is 5.92. The van der Waals surface area contributed by atoms with Gasteiger partial charge in [-0.1, -0.05) is 5.16 Å². The largest absolute Gasteiger partial charge is 0.360 e. The number of hydrogen-bond donors (Lipinski definition) is 1. The van der Waals surface area contributed by atoms with Crippen LogP contribution in [-0.2, 0) is 7.05 Å². The van der Waals surface area contributed by atoms with Gasteiger partial charge in [-0.25, -0.2) is 4.79 Å². The molecule has 1 N–H and O–H groups in total. The van der Waals surface area contributed by atoms with Crippen LogP contribution in [0, 0.1) is 11.8 Å². The molecule has 3 fully saturated rings. The van der Waals surface area contributed by atoms with Gasteiger partial charge in [0.2, 0.25) is 0 Å². The Balaban J connectivity index is 1.27. The number of anilines is 1. The minimum absolute atomic E-state index is 0.0754. The molecule has 9 heteroatoms. The summed E-state index contributed by atoms with van der Waals surface area (Å²) in [6.07, 6.45) is 2.22. The average Bonchev–Trinajstić information content (AvgIpc) is 3.06. The Hall–Kier alpha value is -2.84. The van der Waals surface area contributed by atoms with Crippen molar-refractivity contribution in [1.29, 1.82) is 0 Å². The normalized spacial score (nSPS) is 24.5. The number of nitrogens with zero attached hydrogens (tertiary/aromatic N) is 4. The molecule has 2 saturated heterocycles. The Kier molecular flexibility index (Phi) is 3.53. The highest BCUT2D eigenvalue weighted by Gasteiger charge is 2.43. The topological polar surface area (TPSA) is 104 Å². The van der Waals surface area contributed by atoms with Crippen molar-refractivity contribution in [3.63, 3.8) is 0 Å². The standard InChI is InChI=1S/C18H21N5O4/c1-21-16(24)5-15(19-18(21)26)22-6-11-8-23(9-12(11)7-22)17(25)13-4-14(27-20-13)10-2-3-10/h4-5,10-12H,2-3,6-9H2,1H3,(H,19,26). The maximum absolute atomic E-state index is 12.7. The summed E-state index contributed by atoms with van der Waals surface area (Å²) in [7, 11) is 1.45. The lowest BCUT2D eigenvalue weighted by molar-refractivity contribution is 0.0772.